The molecule has 1 atom stereocenters. The highest BCUT2D eigenvalue weighted by Crippen LogP contribution is 2.30. The lowest BCUT2D eigenvalue weighted by molar-refractivity contribution is -0.138. The largest absolute Gasteiger partial charge is 0.381 e. The smallest absolute Gasteiger partial charge is 0.187 e. The maximum absolute atomic E-state index is 11.4. The van der Waals surface area contributed by atoms with Crippen molar-refractivity contribution in [3.8, 4) is 0 Å². The molecule has 0 radical (unpaired) electrons. The second-order valence-electron chi connectivity index (χ2n) is 3.93. The SMILES string of the molecule is CC1=CC(=O)[C@](O)(C(C)C)CC1. The molecule has 12 heavy (non-hydrogen) atoms. The van der Waals surface area contributed by atoms with Crippen LogP contribution in [0, 0.1) is 5.92 Å². The Bertz CT molecular complexity index is 228. The molecule has 68 valence electrons. The van der Waals surface area contributed by atoms with Crippen molar-refractivity contribution < 1.29 is 9.90 Å². The van der Waals surface area contributed by atoms with Crippen LogP contribution in [0.1, 0.15) is 33.6 Å². The summed E-state index contributed by atoms with van der Waals surface area (Å²) in [5.74, 6) is -0.115. The number of hydrogen-bond donors (Lipinski definition) is 1. The van der Waals surface area contributed by atoms with Gasteiger partial charge in [-0.2, -0.15) is 0 Å². The summed E-state index contributed by atoms with van der Waals surface area (Å²) in [5, 5.41) is 9.94. The minimum absolute atomic E-state index is 0.00866. The second kappa shape index (κ2) is 3.02. The standard InChI is InChI=1S/C10H16O2/c1-7(2)10(12)5-4-8(3)6-9(10)11/h6-7,12H,4-5H2,1-3H3/t10-/m1/s1. The Balaban J connectivity index is 2.90. The highest BCUT2D eigenvalue weighted by Gasteiger charge is 2.39. The number of rotatable bonds is 1. The molecule has 0 fully saturated rings. The monoisotopic (exact) mass is 168 g/mol. The van der Waals surface area contributed by atoms with E-state index < -0.39 is 5.60 Å². The van der Waals surface area contributed by atoms with Crippen LogP contribution in [0.5, 0.6) is 0 Å². The molecule has 2 nitrogen and oxygen atoms in total. The summed E-state index contributed by atoms with van der Waals surface area (Å²) >= 11 is 0. The number of hydrogen-bond acceptors (Lipinski definition) is 2. The molecule has 0 aliphatic heterocycles. The van der Waals surface area contributed by atoms with Gasteiger partial charge in [0.25, 0.3) is 0 Å². The van der Waals surface area contributed by atoms with Crippen molar-refractivity contribution in [2.24, 2.45) is 5.92 Å². The molecule has 0 bridgehead atoms. The maximum atomic E-state index is 11.4. The van der Waals surface area contributed by atoms with Gasteiger partial charge in [-0.05, 0) is 31.8 Å². The van der Waals surface area contributed by atoms with Gasteiger partial charge in [0, 0.05) is 0 Å². The number of carbonyl (C=O) groups excluding carboxylic acids is 1. The molecule has 2 heteroatoms. The van der Waals surface area contributed by atoms with E-state index in [0.717, 1.165) is 12.0 Å². The zero-order valence-electron chi connectivity index (χ0n) is 7.92. The first-order chi connectivity index (χ1) is 5.47. The van der Waals surface area contributed by atoms with Crippen molar-refractivity contribution in [2.75, 3.05) is 0 Å². The zero-order valence-corrected chi connectivity index (χ0v) is 7.92. The fourth-order valence-corrected chi connectivity index (χ4v) is 1.51. The average Bonchev–Trinajstić information content (AvgIpc) is 1.97. The van der Waals surface area contributed by atoms with Crippen LogP contribution in [0.25, 0.3) is 0 Å². The Morgan fingerprint density at radius 2 is 2.17 bits per heavy atom. The van der Waals surface area contributed by atoms with Crippen molar-refractivity contribution in [2.45, 2.75) is 39.2 Å². The van der Waals surface area contributed by atoms with Crippen molar-refractivity contribution in [3.63, 3.8) is 0 Å². The lowest BCUT2D eigenvalue weighted by atomic mass is 9.77. The van der Waals surface area contributed by atoms with Crippen molar-refractivity contribution in [3.05, 3.63) is 11.6 Å². The average molecular weight is 168 g/mol. The summed E-state index contributed by atoms with van der Waals surface area (Å²) in [4.78, 5) is 11.4. The summed E-state index contributed by atoms with van der Waals surface area (Å²) in [6.45, 7) is 5.69. The Morgan fingerprint density at radius 1 is 1.58 bits per heavy atom. The van der Waals surface area contributed by atoms with Crippen molar-refractivity contribution in [1.29, 1.82) is 0 Å². The number of ketones is 1. The Kier molecular flexibility index (Phi) is 2.38. The molecule has 0 aromatic heterocycles. The second-order valence-corrected chi connectivity index (χ2v) is 3.93. The Labute approximate surface area is 73.3 Å². The van der Waals surface area contributed by atoms with Crippen LogP contribution in [0.15, 0.2) is 11.6 Å². The summed E-state index contributed by atoms with van der Waals surface area (Å²) in [6, 6.07) is 0. The molecule has 0 heterocycles. The third kappa shape index (κ3) is 1.44. The molecule has 0 spiro atoms. The first kappa shape index (κ1) is 9.46. The van der Waals surface area contributed by atoms with Crippen LogP contribution in [0.2, 0.25) is 0 Å². The van der Waals surface area contributed by atoms with Crippen LogP contribution in [-0.2, 0) is 4.79 Å². The van der Waals surface area contributed by atoms with Crippen LogP contribution < -0.4 is 0 Å². The van der Waals surface area contributed by atoms with Gasteiger partial charge in [0.2, 0.25) is 0 Å². The molecule has 1 N–H and O–H groups in total. The van der Waals surface area contributed by atoms with Gasteiger partial charge in [-0.15, -0.1) is 0 Å². The van der Waals surface area contributed by atoms with E-state index in [-0.39, 0.29) is 11.7 Å². The summed E-state index contributed by atoms with van der Waals surface area (Å²) in [7, 11) is 0. The number of carbonyl (C=O) groups is 1. The molecule has 1 aliphatic carbocycles. The molecule has 1 aliphatic rings. The minimum Gasteiger partial charge on any atom is -0.381 e. The van der Waals surface area contributed by atoms with Gasteiger partial charge < -0.3 is 5.11 Å². The van der Waals surface area contributed by atoms with Crippen molar-refractivity contribution in [1.82, 2.24) is 0 Å². The quantitative estimate of drug-likeness (QED) is 0.646. The van der Waals surface area contributed by atoms with Gasteiger partial charge >= 0.3 is 0 Å². The highest BCUT2D eigenvalue weighted by atomic mass is 16.3. The molecule has 0 amide bonds. The molecule has 0 saturated heterocycles. The van der Waals surface area contributed by atoms with E-state index in [1.54, 1.807) is 6.08 Å². The maximum Gasteiger partial charge on any atom is 0.187 e. The summed E-state index contributed by atoms with van der Waals surface area (Å²) in [6.07, 6.45) is 2.98. The molecule has 0 unspecified atom stereocenters. The van der Waals surface area contributed by atoms with E-state index >= 15 is 0 Å². The zero-order chi connectivity index (χ0) is 9.35. The van der Waals surface area contributed by atoms with E-state index in [1.165, 1.54) is 0 Å². The third-order valence-electron chi connectivity index (χ3n) is 2.66. The van der Waals surface area contributed by atoms with E-state index in [2.05, 4.69) is 0 Å². The molecule has 0 aromatic rings. The van der Waals surface area contributed by atoms with Crippen LogP contribution in [-0.4, -0.2) is 16.5 Å². The molecular weight excluding hydrogens is 152 g/mol. The van der Waals surface area contributed by atoms with E-state index in [0.29, 0.717) is 6.42 Å². The normalized spacial score (nSPS) is 30.8. The van der Waals surface area contributed by atoms with Crippen LogP contribution in [0.4, 0.5) is 0 Å². The van der Waals surface area contributed by atoms with E-state index in [9.17, 15) is 9.90 Å². The fourth-order valence-electron chi connectivity index (χ4n) is 1.51. The van der Waals surface area contributed by atoms with Crippen molar-refractivity contribution >= 4 is 5.78 Å². The predicted octanol–water partition coefficient (Wildman–Crippen LogP) is 1.68. The lowest BCUT2D eigenvalue weighted by Gasteiger charge is -2.32. The molecular formula is C10H16O2. The number of allylic oxidation sites excluding steroid dienone is 1. The fraction of sp³-hybridized carbons (Fsp3) is 0.700. The Hall–Kier alpha value is -0.630. The van der Waals surface area contributed by atoms with Gasteiger partial charge in [-0.25, -0.2) is 0 Å². The van der Waals surface area contributed by atoms with E-state index in [4.69, 9.17) is 0 Å². The van der Waals surface area contributed by atoms with Crippen LogP contribution >= 0.6 is 0 Å². The summed E-state index contributed by atoms with van der Waals surface area (Å²) < 4.78 is 0. The molecule has 0 aromatic carbocycles. The number of aliphatic hydroxyl groups is 1. The summed E-state index contributed by atoms with van der Waals surface area (Å²) in [5.41, 5.74) is -0.0233. The lowest BCUT2D eigenvalue weighted by Crippen LogP contribution is -2.44. The van der Waals surface area contributed by atoms with Gasteiger partial charge in [-0.3, -0.25) is 4.79 Å². The molecule has 1 rings (SSSR count). The first-order valence-corrected chi connectivity index (χ1v) is 4.41. The first-order valence-electron chi connectivity index (χ1n) is 4.41. The van der Waals surface area contributed by atoms with Gasteiger partial charge in [-0.1, -0.05) is 19.4 Å². The highest BCUT2D eigenvalue weighted by molar-refractivity contribution is 5.98. The van der Waals surface area contributed by atoms with Gasteiger partial charge in [0.1, 0.15) is 5.60 Å². The minimum atomic E-state index is -1.10. The van der Waals surface area contributed by atoms with Crippen LogP contribution in [0.3, 0.4) is 0 Å². The van der Waals surface area contributed by atoms with Gasteiger partial charge in [0.15, 0.2) is 5.78 Å². The van der Waals surface area contributed by atoms with E-state index in [1.807, 2.05) is 20.8 Å². The molecule has 0 saturated carbocycles. The third-order valence-corrected chi connectivity index (χ3v) is 2.66. The topological polar surface area (TPSA) is 37.3 Å². The Morgan fingerprint density at radius 3 is 2.58 bits per heavy atom. The predicted molar refractivity (Wildman–Crippen MR) is 47.8 cm³/mol. The van der Waals surface area contributed by atoms with Gasteiger partial charge in [0.05, 0.1) is 0 Å².